The second-order valence-electron chi connectivity index (χ2n) is 4.23. The summed E-state index contributed by atoms with van der Waals surface area (Å²) in [7, 11) is 0. The smallest absolute Gasteiger partial charge is 0.0543 e. The summed E-state index contributed by atoms with van der Waals surface area (Å²) in [6, 6.07) is 0. The molecule has 0 bridgehead atoms. The van der Waals surface area contributed by atoms with Gasteiger partial charge in [0.2, 0.25) is 0 Å². The zero-order valence-corrected chi connectivity index (χ0v) is 9.29. The fraction of sp³-hybridized carbons (Fsp3) is 1.00. The van der Waals surface area contributed by atoms with Gasteiger partial charge < -0.3 is 10.8 Å². The third-order valence-corrected chi connectivity index (χ3v) is 2.78. The highest BCUT2D eigenvalue weighted by Gasteiger charge is 2.15. The van der Waals surface area contributed by atoms with E-state index < -0.39 is 0 Å². The fourth-order valence-electron chi connectivity index (χ4n) is 1.73. The van der Waals surface area contributed by atoms with Crippen LogP contribution in [-0.2, 0) is 0 Å². The maximum absolute atomic E-state index is 9.68. The molecule has 0 aliphatic heterocycles. The molecule has 0 amide bonds. The van der Waals surface area contributed by atoms with Crippen molar-refractivity contribution in [1.82, 2.24) is 0 Å². The van der Waals surface area contributed by atoms with Gasteiger partial charge in [-0.1, -0.05) is 27.2 Å². The Balaban J connectivity index is 3.66. The van der Waals surface area contributed by atoms with Crippen molar-refractivity contribution in [2.24, 2.45) is 17.6 Å². The molecule has 0 spiro atoms. The van der Waals surface area contributed by atoms with Crippen molar-refractivity contribution in [2.75, 3.05) is 6.54 Å². The van der Waals surface area contributed by atoms with Crippen molar-refractivity contribution in [3.05, 3.63) is 0 Å². The number of hydrogen-bond donors (Lipinski definition) is 2. The first-order chi connectivity index (χ1) is 6.11. The molecule has 0 aromatic rings. The largest absolute Gasteiger partial charge is 0.393 e. The molecule has 13 heavy (non-hydrogen) atoms. The van der Waals surface area contributed by atoms with Gasteiger partial charge in [-0.05, 0) is 37.6 Å². The van der Waals surface area contributed by atoms with Crippen molar-refractivity contribution >= 4 is 0 Å². The molecule has 3 N–H and O–H groups in total. The summed E-state index contributed by atoms with van der Waals surface area (Å²) in [5, 5.41) is 9.68. The third-order valence-electron chi connectivity index (χ3n) is 2.78. The first-order valence-electron chi connectivity index (χ1n) is 5.49. The van der Waals surface area contributed by atoms with E-state index in [0.717, 1.165) is 25.7 Å². The van der Waals surface area contributed by atoms with Gasteiger partial charge in [0.1, 0.15) is 0 Å². The lowest BCUT2D eigenvalue weighted by Gasteiger charge is -2.22. The van der Waals surface area contributed by atoms with E-state index >= 15 is 0 Å². The summed E-state index contributed by atoms with van der Waals surface area (Å²) in [5.74, 6) is 1.34. The SMILES string of the molecule is CCC(CC(O)CCCN)C(C)C. The number of nitrogens with two attached hydrogens (primary N) is 1. The van der Waals surface area contributed by atoms with Crippen LogP contribution in [0, 0.1) is 11.8 Å². The minimum Gasteiger partial charge on any atom is -0.393 e. The molecule has 0 aromatic heterocycles. The predicted molar refractivity (Wildman–Crippen MR) is 57.5 cm³/mol. The Bertz CT molecular complexity index is 115. The van der Waals surface area contributed by atoms with Gasteiger partial charge in [0.25, 0.3) is 0 Å². The van der Waals surface area contributed by atoms with E-state index in [1.165, 1.54) is 0 Å². The van der Waals surface area contributed by atoms with Crippen molar-refractivity contribution in [2.45, 2.75) is 52.6 Å². The molecule has 0 aliphatic rings. The van der Waals surface area contributed by atoms with Gasteiger partial charge in [-0.2, -0.15) is 0 Å². The lowest BCUT2D eigenvalue weighted by Crippen LogP contribution is -2.18. The second kappa shape index (κ2) is 7.34. The molecule has 0 radical (unpaired) electrons. The molecule has 0 aromatic carbocycles. The molecule has 0 heterocycles. The van der Waals surface area contributed by atoms with E-state index in [2.05, 4.69) is 20.8 Å². The Morgan fingerprint density at radius 1 is 1.31 bits per heavy atom. The van der Waals surface area contributed by atoms with E-state index in [-0.39, 0.29) is 6.10 Å². The number of rotatable bonds is 7. The van der Waals surface area contributed by atoms with Crippen LogP contribution in [-0.4, -0.2) is 17.8 Å². The first-order valence-corrected chi connectivity index (χ1v) is 5.49. The van der Waals surface area contributed by atoms with E-state index in [4.69, 9.17) is 5.73 Å². The van der Waals surface area contributed by atoms with Gasteiger partial charge in [-0.3, -0.25) is 0 Å². The van der Waals surface area contributed by atoms with Crippen LogP contribution in [0.4, 0.5) is 0 Å². The average molecular weight is 187 g/mol. The van der Waals surface area contributed by atoms with E-state index in [1.54, 1.807) is 0 Å². The molecule has 0 saturated carbocycles. The van der Waals surface area contributed by atoms with E-state index in [1.807, 2.05) is 0 Å². The molecule has 2 unspecified atom stereocenters. The van der Waals surface area contributed by atoms with Crippen molar-refractivity contribution in [3.8, 4) is 0 Å². The lowest BCUT2D eigenvalue weighted by molar-refractivity contribution is 0.117. The van der Waals surface area contributed by atoms with Crippen LogP contribution in [0.3, 0.4) is 0 Å². The number of aliphatic hydroxyl groups is 1. The molecule has 0 rings (SSSR count). The van der Waals surface area contributed by atoms with Gasteiger partial charge in [0, 0.05) is 0 Å². The zero-order valence-electron chi connectivity index (χ0n) is 9.29. The zero-order chi connectivity index (χ0) is 10.3. The van der Waals surface area contributed by atoms with Gasteiger partial charge in [0.15, 0.2) is 0 Å². The molecule has 2 atom stereocenters. The van der Waals surface area contributed by atoms with Crippen LogP contribution in [0.25, 0.3) is 0 Å². The summed E-state index contributed by atoms with van der Waals surface area (Å²) >= 11 is 0. The molecule has 2 nitrogen and oxygen atoms in total. The number of aliphatic hydroxyl groups excluding tert-OH is 1. The third kappa shape index (κ3) is 6.05. The normalized spacial score (nSPS) is 16.2. The van der Waals surface area contributed by atoms with Crippen LogP contribution >= 0.6 is 0 Å². The summed E-state index contributed by atoms with van der Waals surface area (Å²) in [4.78, 5) is 0. The highest BCUT2D eigenvalue weighted by atomic mass is 16.3. The van der Waals surface area contributed by atoms with Crippen molar-refractivity contribution in [1.29, 1.82) is 0 Å². The van der Waals surface area contributed by atoms with Crippen LogP contribution < -0.4 is 5.73 Å². The molecular formula is C11H25NO. The molecular weight excluding hydrogens is 162 g/mol. The predicted octanol–water partition coefficient (Wildman–Crippen LogP) is 2.16. The number of hydrogen-bond acceptors (Lipinski definition) is 2. The van der Waals surface area contributed by atoms with Crippen LogP contribution in [0.5, 0.6) is 0 Å². The van der Waals surface area contributed by atoms with Crippen molar-refractivity contribution < 1.29 is 5.11 Å². The monoisotopic (exact) mass is 187 g/mol. The highest BCUT2D eigenvalue weighted by molar-refractivity contribution is 4.67. The minimum absolute atomic E-state index is 0.143. The van der Waals surface area contributed by atoms with Crippen LogP contribution in [0.2, 0.25) is 0 Å². The molecule has 0 saturated heterocycles. The van der Waals surface area contributed by atoms with Crippen LogP contribution in [0.1, 0.15) is 46.5 Å². The molecule has 0 aliphatic carbocycles. The molecule has 0 fully saturated rings. The van der Waals surface area contributed by atoms with Gasteiger partial charge in [-0.15, -0.1) is 0 Å². The molecule has 80 valence electrons. The average Bonchev–Trinajstić information content (AvgIpc) is 2.10. The van der Waals surface area contributed by atoms with E-state index in [9.17, 15) is 5.11 Å². The Labute approximate surface area is 82.5 Å². The first kappa shape index (κ1) is 12.9. The van der Waals surface area contributed by atoms with Gasteiger partial charge in [0.05, 0.1) is 6.10 Å². The Kier molecular flexibility index (Phi) is 7.29. The fourth-order valence-corrected chi connectivity index (χ4v) is 1.73. The molecule has 2 heteroatoms. The Morgan fingerprint density at radius 3 is 2.31 bits per heavy atom. The highest BCUT2D eigenvalue weighted by Crippen LogP contribution is 2.21. The maximum Gasteiger partial charge on any atom is 0.0543 e. The summed E-state index contributed by atoms with van der Waals surface area (Å²) in [5.41, 5.74) is 5.39. The van der Waals surface area contributed by atoms with E-state index in [0.29, 0.717) is 18.4 Å². The maximum atomic E-state index is 9.68. The quantitative estimate of drug-likeness (QED) is 0.641. The van der Waals surface area contributed by atoms with Gasteiger partial charge >= 0.3 is 0 Å². The standard InChI is InChI=1S/C11H25NO/c1-4-10(9(2)3)8-11(13)6-5-7-12/h9-11,13H,4-8,12H2,1-3H3. The van der Waals surface area contributed by atoms with Crippen molar-refractivity contribution in [3.63, 3.8) is 0 Å². The lowest BCUT2D eigenvalue weighted by atomic mass is 9.87. The van der Waals surface area contributed by atoms with Gasteiger partial charge in [-0.25, -0.2) is 0 Å². The summed E-state index contributed by atoms with van der Waals surface area (Å²) in [6.45, 7) is 7.34. The topological polar surface area (TPSA) is 46.2 Å². The Hall–Kier alpha value is -0.0800. The summed E-state index contributed by atoms with van der Waals surface area (Å²) < 4.78 is 0. The van der Waals surface area contributed by atoms with Crippen LogP contribution in [0.15, 0.2) is 0 Å². The minimum atomic E-state index is -0.143. The summed E-state index contributed by atoms with van der Waals surface area (Å²) in [6.07, 6.45) is 3.76. The second-order valence-corrected chi connectivity index (χ2v) is 4.23. The Morgan fingerprint density at radius 2 is 1.92 bits per heavy atom.